The van der Waals surface area contributed by atoms with Crippen LogP contribution in [0.5, 0.6) is 0 Å². The number of nitrogens with zero attached hydrogens (tertiary/aromatic N) is 2. The summed E-state index contributed by atoms with van der Waals surface area (Å²) in [7, 11) is 4.55. The van der Waals surface area contributed by atoms with Gasteiger partial charge in [0.15, 0.2) is 6.61 Å². The van der Waals surface area contributed by atoms with E-state index in [0.29, 0.717) is 12.1 Å². The van der Waals surface area contributed by atoms with Crippen molar-refractivity contribution < 1.29 is 28.8 Å². The van der Waals surface area contributed by atoms with E-state index in [1.54, 1.807) is 25.9 Å². The summed E-state index contributed by atoms with van der Waals surface area (Å²) in [5.41, 5.74) is 0.0889. The number of hydrogen-bond donors (Lipinski definition) is 1. The monoisotopic (exact) mass is 395 g/mol. The third kappa shape index (κ3) is 5.93. The SMILES string of the molecule is CC[C@@H](C)[C@H](NC(=O)COC(=O)c1cc([N+](=O)[O-])ccc1N(C)C)C(=O)OC. The normalized spacial score (nSPS) is 12.5. The molecule has 0 aromatic heterocycles. The molecular weight excluding hydrogens is 370 g/mol. The van der Waals surface area contributed by atoms with Crippen LogP contribution in [0.15, 0.2) is 18.2 Å². The molecule has 0 saturated heterocycles. The highest BCUT2D eigenvalue weighted by Crippen LogP contribution is 2.25. The molecule has 10 heteroatoms. The smallest absolute Gasteiger partial charge is 0.341 e. The maximum absolute atomic E-state index is 12.4. The first-order valence-corrected chi connectivity index (χ1v) is 8.62. The third-order valence-electron chi connectivity index (χ3n) is 4.21. The molecule has 0 saturated carbocycles. The molecule has 0 aliphatic rings. The summed E-state index contributed by atoms with van der Waals surface area (Å²) >= 11 is 0. The van der Waals surface area contributed by atoms with Gasteiger partial charge in [-0.1, -0.05) is 20.3 Å². The molecule has 28 heavy (non-hydrogen) atoms. The number of esters is 2. The topological polar surface area (TPSA) is 128 Å². The zero-order valence-corrected chi connectivity index (χ0v) is 16.6. The van der Waals surface area contributed by atoms with E-state index >= 15 is 0 Å². The van der Waals surface area contributed by atoms with Gasteiger partial charge >= 0.3 is 11.9 Å². The Bertz CT molecular complexity index is 749. The standard InChI is InChI=1S/C18H25N3O7/c1-6-11(2)16(18(24)27-5)19-15(22)10-28-17(23)13-9-12(21(25)26)7-8-14(13)20(3)4/h7-9,11,16H,6,10H2,1-5H3,(H,19,22)/t11-,16+/m1/s1. The second kappa shape index (κ2) is 10.2. The summed E-state index contributed by atoms with van der Waals surface area (Å²) in [6.45, 7) is 3.00. The Balaban J connectivity index is 2.88. The van der Waals surface area contributed by atoms with Gasteiger partial charge in [0.1, 0.15) is 6.04 Å². The summed E-state index contributed by atoms with van der Waals surface area (Å²) in [4.78, 5) is 48.2. The van der Waals surface area contributed by atoms with Crippen LogP contribution in [0.2, 0.25) is 0 Å². The van der Waals surface area contributed by atoms with Crippen LogP contribution < -0.4 is 10.2 Å². The number of amides is 1. The molecule has 154 valence electrons. The Kier molecular flexibility index (Phi) is 8.36. The van der Waals surface area contributed by atoms with Crippen LogP contribution in [0.25, 0.3) is 0 Å². The molecule has 1 rings (SSSR count). The van der Waals surface area contributed by atoms with Gasteiger partial charge in [-0.15, -0.1) is 0 Å². The molecule has 0 aliphatic carbocycles. The van der Waals surface area contributed by atoms with Crippen LogP contribution in [0.3, 0.4) is 0 Å². The maximum atomic E-state index is 12.4. The van der Waals surface area contributed by atoms with Crippen molar-refractivity contribution in [2.24, 2.45) is 5.92 Å². The molecule has 0 radical (unpaired) electrons. The fourth-order valence-corrected chi connectivity index (χ4v) is 2.41. The van der Waals surface area contributed by atoms with E-state index in [9.17, 15) is 24.5 Å². The molecule has 2 atom stereocenters. The number of methoxy groups -OCH3 is 1. The lowest BCUT2D eigenvalue weighted by atomic mass is 9.99. The molecule has 1 aromatic carbocycles. The van der Waals surface area contributed by atoms with Crippen LogP contribution in [0.1, 0.15) is 30.6 Å². The predicted molar refractivity (Wildman–Crippen MR) is 101 cm³/mol. The van der Waals surface area contributed by atoms with Crippen molar-refractivity contribution in [1.82, 2.24) is 5.32 Å². The fraction of sp³-hybridized carbons (Fsp3) is 0.500. The van der Waals surface area contributed by atoms with Crippen LogP contribution >= 0.6 is 0 Å². The van der Waals surface area contributed by atoms with Crippen molar-refractivity contribution in [2.75, 3.05) is 32.7 Å². The van der Waals surface area contributed by atoms with E-state index < -0.39 is 35.4 Å². The number of nitrogens with one attached hydrogen (secondary N) is 1. The lowest BCUT2D eigenvalue weighted by molar-refractivity contribution is -0.384. The third-order valence-corrected chi connectivity index (χ3v) is 4.21. The number of benzene rings is 1. The number of rotatable bonds is 9. The van der Waals surface area contributed by atoms with Crippen molar-refractivity contribution in [3.8, 4) is 0 Å². The minimum Gasteiger partial charge on any atom is -0.467 e. The van der Waals surface area contributed by atoms with Gasteiger partial charge in [-0.25, -0.2) is 9.59 Å². The number of anilines is 1. The molecule has 1 aromatic rings. The highest BCUT2D eigenvalue weighted by Gasteiger charge is 2.27. The molecule has 0 heterocycles. The number of hydrogen-bond acceptors (Lipinski definition) is 8. The van der Waals surface area contributed by atoms with Gasteiger partial charge in [-0.2, -0.15) is 0 Å². The predicted octanol–water partition coefficient (Wildman–Crippen LogP) is 1.52. The number of carbonyl (C=O) groups is 3. The zero-order chi connectivity index (χ0) is 21.4. The Labute approximate surface area is 162 Å². The maximum Gasteiger partial charge on any atom is 0.341 e. The molecule has 0 aliphatic heterocycles. The molecule has 10 nitrogen and oxygen atoms in total. The highest BCUT2D eigenvalue weighted by atomic mass is 16.6. The molecule has 0 unspecified atom stereocenters. The first kappa shape index (κ1) is 22.9. The zero-order valence-electron chi connectivity index (χ0n) is 16.6. The molecule has 0 spiro atoms. The summed E-state index contributed by atoms with van der Waals surface area (Å²) in [5.74, 6) is -2.34. The van der Waals surface area contributed by atoms with E-state index in [2.05, 4.69) is 10.1 Å². The second-order valence-corrected chi connectivity index (χ2v) is 6.38. The summed E-state index contributed by atoms with van der Waals surface area (Å²) in [5, 5.41) is 13.4. The minimum absolute atomic E-state index is 0.0431. The van der Waals surface area contributed by atoms with Crippen molar-refractivity contribution in [3.63, 3.8) is 0 Å². The molecule has 1 amide bonds. The van der Waals surface area contributed by atoms with Gasteiger partial charge in [0.25, 0.3) is 11.6 Å². The molecule has 1 N–H and O–H groups in total. The van der Waals surface area contributed by atoms with Gasteiger partial charge in [0, 0.05) is 26.2 Å². The van der Waals surface area contributed by atoms with Crippen LogP contribution in [0.4, 0.5) is 11.4 Å². The van der Waals surface area contributed by atoms with Gasteiger partial charge < -0.3 is 19.7 Å². The van der Waals surface area contributed by atoms with Crippen LogP contribution in [-0.2, 0) is 19.1 Å². The van der Waals surface area contributed by atoms with Gasteiger partial charge in [-0.3, -0.25) is 14.9 Å². The number of non-ortho nitro benzene ring substituents is 1. The number of carbonyl (C=O) groups excluding carboxylic acids is 3. The van der Waals surface area contributed by atoms with Gasteiger partial charge in [0.05, 0.1) is 23.3 Å². The van der Waals surface area contributed by atoms with Crippen molar-refractivity contribution in [1.29, 1.82) is 0 Å². The fourth-order valence-electron chi connectivity index (χ4n) is 2.41. The Morgan fingerprint density at radius 1 is 1.29 bits per heavy atom. The van der Waals surface area contributed by atoms with Crippen LogP contribution in [-0.4, -0.2) is 56.6 Å². The van der Waals surface area contributed by atoms with Crippen molar-refractivity contribution in [2.45, 2.75) is 26.3 Å². The van der Waals surface area contributed by atoms with Gasteiger partial charge in [-0.05, 0) is 12.0 Å². The average Bonchev–Trinajstić information content (AvgIpc) is 2.68. The molecule has 0 bridgehead atoms. The first-order valence-electron chi connectivity index (χ1n) is 8.62. The van der Waals surface area contributed by atoms with E-state index in [-0.39, 0.29) is 17.2 Å². The average molecular weight is 395 g/mol. The Hall–Kier alpha value is -3.17. The summed E-state index contributed by atoms with van der Waals surface area (Å²) in [6, 6.07) is 2.92. The largest absolute Gasteiger partial charge is 0.467 e. The molecule has 0 fully saturated rings. The summed E-state index contributed by atoms with van der Waals surface area (Å²) in [6.07, 6.45) is 0.625. The van der Waals surface area contributed by atoms with Crippen LogP contribution in [0, 0.1) is 16.0 Å². The Morgan fingerprint density at radius 3 is 2.43 bits per heavy atom. The lowest BCUT2D eigenvalue weighted by Crippen LogP contribution is -2.47. The van der Waals surface area contributed by atoms with E-state index in [1.807, 2.05) is 6.92 Å². The number of ether oxygens (including phenoxy) is 2. The second-order valence-electron chi connectivity index (χ2n) is 6.38. The Morgan fingerprint density at radius 2 is 1.93 bits per heavy atom. The highest BCUT2D eigenvalue weighted by molar-refractivity contribution is 5.98. The first-order chi connectivity index (χ1) is 13.1. The summed E-state index contributed by atoms with van der Waals surface area (Å²) < 4.78 is 9.67. The molecular formula is C18H25N3O7. The minimum atomic E-state index is -0.888. The van der Waals surface area contributed by atoms with E-state index in [0.717, 1.165) is 6.07 Å². The van der Waals surface area contributed by atoms with E-state index in [4.69, 9.17) is 4.74 Å². The van der Waals surface area contributed by atoms with Crippen molar-refractivity contribution >= 4 is 29.2 Å². The number of nitro groups is 1. The van der Waals surface area contributed by atoms with Crippen molar-refractivity contribution in [3.05, 3.63) is 33.9 Å². The quantitative estimate of drug-likeness (QED) is 0.379. The van der Waals surface area contributed by atoms with E-state index in [1.165, 1.54) is 19.2 Å². The van der Waals surface area contributed by atoms with Gasteiger partial charge in [0.2, 0.25) is 0 Å². The number of nitro benzene ring substituents is 1. The lowest BCUT2D eigenvalue weighted by Gasteiger charge is -2.21.